The van der Waals surface area contributed by atoms with Crippen LogP contribution in [-0.2, 0) is 4.74 Å². The molecule has 0 aliphatic carbocycles. The average Bonchev–Trinajstić information content (AvgIpc) is 3.09. The first-order valence-electron chi connectivity index (χ1n) is 8.70. The van der Waals surface area contributed by atoms with Gasteiger partial charge in [-0.05, 0) is 39.5 Å². The number of alkyl carbamates (subject to hydrolysis) is 1. The van der Waals surface area contributed by atoms with E-state index in [4.69, 9.17) is 9.47 Å². The van der Waals surface area contributed by atoms with Crippen LogP contribution in [0.25, 0.3) is 0 Å². The van der Waals surface area contributed by atoms with Gasteiger partial charge in [0.25, 0.3) is 0 Å². The fourth-order valence-electron chi connectivity index (χ4n) is 2.23. The Morgan fingerprint density at radius 3 is 2.65 bits per heavy atom. The van der Waals surface area contributed by atoms with Crippen LogP contribution in [0, 0.1) is 0 Å². The lowest BCUT2D eigenvalue weighted by molar-refractivity contribution is 0.148. The number of nitrogens with one attached hydrogen (secondary N) is 1. The van der Waals surface area contributed by atoms with Crippen molar-refractivity contribution in [3.05, 3.63) is 51.1 Å². The number of amides is 1. The second kappa shape index (κ2) is 10.1. The lowest BCUT2D eigenvalue weighted by Gasteiger charge is -2.26. The molecule has 2 rings (SSSR count). The van der Waals surface area contributed by atoms with Crippen molar-refractivity contribution in [1.82, 2.24) is 5.32 Å². The summed E-state index contributed by atoms with van der Waals surface area (Å²) in [5.74, 6) is 0.795. The molecule has 26 heavy (non-hydrogen) atoms. The Hall–Kier alpha value is -1.31. The van der Waals surface area contributed by atoms with Gasteiger partial charge in [-0.25, -0.2) is 4.79 Å². The highest BCUT2D eigenvalue weighted by Gasteiger charge is 2.16. The lowest BCUT2D eigenvalue weighted by Crippen LogP contribution is -2.29. The number of hydrogen-bond donors (Lipinski definition) is 1. The molecule has 0 aliphatic heterocycles. The molecule has 2 aromatic rings. The average molecular weight is 456 g/mol. The summed E-state index contributed by atoms with van der Waals surface area (Å²) in [5.41, 5.74) is 0. The second-order valence-electron chi connectivity index (χ2n) is 7.21. The summed E-state index contributed by atoms with van der Waals surface area (Å²) in [5, 5.41) is 4.86. The number of para-hydroxylation sites is 1. The van der Waals surface area contributed by atoms with E-state index < -0.39 is 8.07 Å². The SMILES string of the molecule is C[Si-](C)(C)CCOC(=O)NCC[C@@H](Oc1ccccc1Br)c1cccs1. The molecule has 0 saturated carbocycles. The Morgan fingerprint density at radius 2 is 2.00 bits per heavy atom. The van der Waals surface area contributed by atoms with Crippen molar-refractivity contribution in [1.29, 1.82) is 0 Å². The highest BCUT2D eigenvalue weighted by molar-refractivity contribution is 9.10. The zero-order valence-corrected chi connectivity index (χ0v) is 18.9. The van der Waals surface area contributed by atoms with E-state index in [1.54, 1.807) is 11.3 Å². The maximum absolute atomic E-state index is 11.8. The topological polar surface area (TPSA) is 47.6 Å². The first kappa shape index (κ1) is 21.0. The van der Waals surface area contributed by atoms with Crippen molar-refractivity contribution in [2.45, 2.75) is 38.2 Å². The van der Waals surface area contributed by atoms with Crippen molar-refractivity contribution in [2.75, 3.05) is 13.2 Å². The number of halogens is 1. The van der Waals surface area contributed by atoms with Crippen LogP contribution in [-0.4, -0.2) is 27.3 Å². The quantitative estimate of drug-likeness (QED) is 0.465. The molecular formula is C19H26BrNO3SSi-. The molecule has 0 radical (unpaired) electrons. The first-order chi connectivity index (χ1) is 12.3. The number of carbonyl (C=O) groups is 1. The summed E-state index contributed by atoms with van der Waals surface area (Å²) in [7, 11) is -1.19. The Morgan fingerprint density at radius 1 is 1.23 bits per heavy atom. The Bertz CT molecular complexity index is 688. The van der Waals surface area contributed by atoms with Crippen LogP contribution in [0.1, 0.15) is 17.4 Å². The molecule has 0 unspecified atom stereocenters. The third-order valence-electron chi connectivity index (χ3n) is 3.73. The van der Waals surface area contributed by atoms with Gasteiger partial charge in [-0.2, -0.15) is 19.6 Å². The van der Waals surface area contributed by atoms with E-state index in [0.29, 0.717) is 19.6 Å². The molecule has 0 bridgehead atoms. The van der Waals surface area contributed by atoms with E-state index in [1.807, 2.05) is 35.7 Å². The molecule has 1 aromatic carbocycles. The predicted molar refractivity (Wildman–Crippen MR) is 114 cm³/mol. The van der Waals surface area contributed by atoms with Gasteiger partial charge >= 0.3 is 6.09 Å². The zero-order chi connectivity index (χ0) is 19.0. The second-order valence-corrected chi connectivity index (χ2v) is 14.7. The van der Waals surface area contributed by atoms with Crippen molar-refractivity contribution >= 4 is 41.4 Å². The van der Waals surface area contributed by atoms with E-state index in [-0.39, 0.29) is 12.2 Å². The normalized spacial score (nSPS) is 12.5. The third-order valence-corrected chi connectivity index (χ3v) is 7.05. The summed E-state index contributed by atoms with van der Waals surface area (Å²) in [6.45, 7) is 7.78. The largest absolute Gasteiger partial charge is 0.484 e. The molecule has 143 valence electrons. The summed E-state index contributed by atoms with van der Waals surface area (Å²) < 4.78 is 12.4. The van der Waals surface area contributed by atoms with Crippen molar-refractivity contribution in [3.8, 4) is 5.75 Å². The van der Waals surface area contributed by atoms with Crippen LogP contribution in [0.15, 0.2) is 46.3 Å². The smallest absolute Gasteiger partial charge is 0.407 e. The van der Waals surface area contributed by atoms with Gasteiger partial charge in [0.2, 0.25) is 0 Å². The molecule has 1 aromatic heterocycles. The van der Waals surface area contributed by atoms with Gasteiger partial charge in [0.1, 0.15) is 11.9 Å². The standard InChI is InChI=1S/C19H26BrNO3SSi/c1-26(2,3)14-12-23-19(22)21-11-10-17(18-9-6-13-25-18)24-16-8-5-4-7-15(16)20/h4-9,13,17H,10-12,14H2,1-3H3,(H,21,22)/q-1/t17-/m1/s1. The van der Waals surface area contributed by atoms with Gasteiger partial charge in [0, 0.05) is 17.8 Å². The van der Waals surface area contributed by atoms with E-state index in [9.17, 15) is 4.79 Å². The van der Waals surface area contributed by atoms with Crippen LogP contribution >= 0.6 is 27.3 Å². The number of hydrogen-bond acceptors (Lipinski definition) is 4. The van der Waals surface area contributed by atoms with Gasteiger partial charge in [0.15, 0.2) is 0 Å². The minimum Gasteiger partial charge on any atom is -0.484 e. The Balaban J connectivity index is 1.84. The molecule has 1 atom stereocenters. The molecule has 0 aliphatic rings. The van der Waals surface area contributed by atoms with Gasteiger partial charge in [-0.15, -0.1) is 25.5 Å². The molecule has 1 N–H and O–H groups in total. The fraction of sp³-hybridized carbons (Fsp3) is 0.421. The number of carbonyl (C=O) groups excluding carboxylic acids is 1. The van der Waals surface area contributed by atoms with Gasteiger partial charge in [0.05, 0.1) is 11.1 Å². The molecule has 1 amide bonds. The molecule has 0 fully saturated rings. The molecule has 7 heteroatoms. The summed E-state index contributed by atoms with van der Waals surface area (Å²) >= 11 is 5.17. The molecule has 0 spiro atoms. The van der Waals surface area contributed by atoms with Crippen LogP contribution < -0.4 is 10.1 Å². The summed E-state index contributed by atoms with van der Waals surface area (Å²) in [4.78, 5) is 13.0. The Kier molecular flexibility index (Phi) is 8.18. The van der Waals surface area contributed by atoms with Crippen LogP contribution in [0.2, 0.25) is 25.7 Å². The van der Waals surface area contributed by atoms with Crippen molar-refractivity contribution in [3.63, 3.8) is 0 Å². The first-order valence-corrected chi connectivity index (χ1v) is 14.1. The van der Waals surface area contributed by atoms with E-state index >= 15 is 0 Å². The number of benzene rings is 1. The minimum atomic E-state index is -1.19. The summed E-state index contributed by atoms with van der Waals surface area (Å²) in [6.07, 6.45) is 0.204. The fourth-order valence-corrected chi connectivity index (χ4v) is 4.12. The monoisotopic (exact) mass is 455 g/mol. The lowest BCUT2D eigenvalue weighted by atomic mass is 10.2. The molecule has 4 nitrogen and oxygen atoms in total. The van der Waals surface area contributed by atoms with Crippen LogP contribution in [0.4, 0.5) is 4.79 Å². The van der Waals surface area contributed by atoms with E-state index in [1.165, 1.54) is 0 Å². The zero-order valence-electron chi connectivity index (χ0n) is 15.5. The number of thiophene rings is 1. The number of ether oxygens (including phenoxy) is 2. The molecular weight excluding hydrogens is 430 g/mol. The number of rotatable bonds is 9. The van der Waals surface area contributed by atoms with Crippen molar-refractivity contribution in [2.24, 2.45) is 0 Å². The highest BCUT2D eigenvalue weighted by atomic mass is 79.9. The van der Waals surface area contributed by atoms with Gasteiger partial charge in [-0.3, -0.25) is 0 Å². The van der Waals surface area contributed by atoms with E-state index in [2.05, 4.69) is 47.0 Å². The molecule has 1 heterocycles. The van der Waals surface area contributed by atoms with Crippen molar-refractivity contribution < 1.29 is 14.3 Å². The van der Waals surface area contributed by atoms with Crippen LogP contribution in [0.5, 0.6) is 5.75 Å². The maximum atomic E-state index is 11.8. The van der Waals surface area contributed by atoms with Gasteiger partial charge in [-0.1, -0.05) is 18.2 Å². The Labute approximate surface area is 169 Å². The van der Waals surface area contributed by atoms with Gasteiger partial charge < -0.3 is 14.8 Å². The third kappa shape index (κ3) is 7.51. The van der Waals surface area contributed by atoms with Crippen LogP contribution in [0.3, 0.4) is 0 Å². The minimum absolute atomic E-state index is 0.115. The molecule has 0 saturated heterocycles. The highest BCUT2D eigenvalue weighted by Crippen LogP contribution is 2.32. The van der Waals surface area contributed by atoms with E-state index in [0.717, 1.165) is 21.1 Å². The summed E-state index contributed by atoms with van der Waals surface area (Å²) in [6, 6.07) is 12.8. The predicted octanol–water partition coefficient (Wildman–Crippen LogP) is 6.09. The maximum Gasteiger partial charge on any atom is 0.407 e.